The van der Waals surface area contributed by atoms with E-state index in [0.29, 0.717) is 5.02 Å². The van der Waals surface area contributed by atoms with Gasteiger partial charge in [0.25, 0.3) is 0 Å². The molecule has 0 atom stereocenters. The molecule has 0 unspecified atom stereocenters. The molecule has 1 fully saturated rings. The van der Waals surface area contributed by atoms with Crippen molar-refractivity contribution in [2.24, 2.45) is 5.92 Å². The minimum absolute atomic E-state index is 0.0634. The number of carbonyl (C=O) groups excluding carboxylic acids is 1. The van der Waals surface area contributed by atoms with E-state index < -0.39 is 0 Å². The van der Waals surface area contributed by atoms with Crippen LogP contribution in [0.25, 0.3) is 0 Å². The van der Waals surface area contributed by atoms with Gasteiger partial charge in [-0.15, -0.1) is 0 Å². The van der Waals surface area contributed by atoms with Gasteiger partial charge < -0.3 is 9.80 Å². The number of hydrogen-bond donors (Lipinski definition) is 0. The van der Waals surface area contributed by atoms with Gasteiger partial charge in [-0.3, -0.25) is 4.79 Å². The summed E-state index contributed by atoms with van der Waals surface area (Å²) in [5.41, 5.74) is 3.38. The van der Waals surface area contributed by atoms with Crippen molar-refractivity contribution in [3.05, 3.63) is 52.7 Å². The first kappa shape index (κ1) is 17.7. The van der Waals surface area contributed by atoms with Crippen LogP contribution >= 0.6 is 11.6 Å². The smallest absolute Gasteiger partial charge is 0.229 e. The van der Waals surface area contributed by atoms with Crippen molar-refractivity contribution >= 4 is 29.0 Å². The van der Waals surface area contributed by atoms with Crippen LogP contribution in [0.4, 0.5) is 11.5 Å². The molecule has 0 spiro atoms. The van der Waals surface area contributed by atoms with Crippen molar-refractivity contribution < 1.29 is 4.79 Å². The topological polar surface area (TPSA) is 36.4 Å². The van der Waals surface area contributed by atoms with Gasteiger partial charge in [-0.25, -0.2) is 4.98 Å². The first-order valence-corrected chi connectivity index (χ1v) is 9.05. The fraction of sp³-hybridized carbons (Fsp3) is 0.400. The molecular formula is C20H24ClN3O. The van der Waals surface area contributed by atoms with Gasteiger partial charge in [0, 0.05) is 37.9 Å². The Bertz CT molecular complexity index is 752. The van der Waals surface area contributed by atoms with Crippen molar-refractivity contribution in [3.8, 4) is 0 Å². The molecule has 1 saturated heterocycles. The zero-order valence-electron chi connectivity index (χ0n) is 15.0. The van der Waals surface area contributed by atoms with E-state index >= 15 is 0 Å². The number of piperidine rings is 1. The summed E-state index contributed by atoms with van der Waals surface area (Å²) in [6.07, 6.45) is 3.36. The maximum Gasteiger partial charge on any atom is 0.229 e. The fourth-order valence-electron chi connectivity index (χ4n) is 3.40. The molecule has 2 aromatic rings. The standard InChI is InChI=1S/C20H24ClN3O/c1-14-5-4-6-18(15(14)2)23(3)20(25)16-9-11-24(12-10-16)19-8-7-17(21)13-22-19/h4-8,13,16H,9-12H2,1-3H3. The molecule has 0 saturated carbocycles. The first-order valence-electron chi connectivity index (χ1n) is 8.67. The molecule has 2 heterocycles. The van der Waals surface area contributed by atoms with E-state index in [2.05, 4.69) is 29.8 Å². The number of nitrogens with zero attached hydrogens (tertiary/aromatic N) is 3. The van der Waals surface area contributed by atoms with E-state index in [-0.39, 0.29) is 11.8 Å². The lowest BCUT2D eigenvalue weighted by Crippen LogP contribution is -2.41. The predicted octanol–water partition coefficient (Wildman–Crippen LogP) is 4.23. The van der Waals surface area contributed by atoms with E-state index in [1.807, 2.05) is 36.2 Å². The molecule has 0 N–H and O–H groups in total. The number of anilines is 2. The van der Waals surface area contributed by atoms with Crippen LogP contribution in [0.15, 0.2) is 36.5 Å². The zero-order chi connectivity index (χ0) is 18.0. The summed E-state index contributed by atoms with van der Waals surface area (Å²) in [6, 6.07) is 9.90. The molecule has 1 aromatic heterocycles. The summed E-state index contributed by atoms with van der Waals surface area (Å²) < 4.78 is 0. The van der Waals surface area contributed by atoms with Crippen LogP contribution in [-0.2, 0) is 4.79 Å². The second kappa shape index (κ2) is 7.44. The quantitative estimate of drug-likeness (QED) is 0.824. The van der Waals surface area contributed by atoms with Gasteiger partial charge in [0.2, 0.25) is 5.91 Å². The van der Waals surface area contributed by atoms with Crippen molar-refractivity contribution in [2.45, 2.75) is 26.7 Å². The Kier molecular flexibility index (Phi) is 5.28. The highest BCUT2D eigenvalue weighted by atomic mass is 35.5. The number of amides is 1. The largest absolute Gasteiger partial charge is 0.357 e. The maximum atomic E-state index is 12.9. The molecule has 1 amide bonds. The van der Waals surface area contributed by atoms with Crippen molar-refractivity contribution in [1.82, 2.24) is 4.98 Å². The van der Waals surface area contributed by atoms with Crippen LogP contribution in [0, 0.1) is 19.8 Å². The minimum Gasteiger partial charge on any atom is -0.357 e. The van der Waals surface area contributed by atoms with Crippen molar-refractivity contribution in [3.63, 3.8) is 0 Å². The SMILES string of the molecule is Cc1cccc(N(C)C(=O)C2CCN(c3ccc(Cl)cn3)CC2)c1C. The van der Waals surface area contributed by atoms with Crippen LogP contribution in [0.3, 0.4) is 0 Å². The lowest BCUT2D eigenvalue weighted by atomic mass is 9.94. The molecule has 0 bridgehead atoms. The molecule has 132 valence electrons. The van der Waals surface area contributed by atoms with E-state index in [4.69, 9.17) is 11.6 Å². The van der Waals surface area contributed by atoms with Gasteiger partial charge in [0.05, 0.1) is 5.02 Å². The summed E-state index contributed by atoms with van der Waals surface area (Å²) in [4.78, 5) is 21.3. The third-order valence-electron chi connectivity index (χ3n) is 5.15. The van der Waals surface area contributed by atoms with Crippen LogP contribution in [0.5, 0.6) is 0 Å². The van der Waals surface area contributed by atoms with E-state index in [0.717, 1.165) is 37.4 Å². The molecule has 1 aliphatic heterocycles. The monoisotopic (exact) mass is 357 g/mol. The Balaban J connectivity index is 1.65. The number of pyridine rings is 1. The van der Waals surface area contributed by atoms with Gasteiger partial charge in [-0.1, -0.05) is 23.7 Å². The molecule has 4 nitrogen and oxygen atoms in total. The third kappa shape index (κ3) is 3.79. The second-order valence-electron chi connectivity index (χ2n) is 6.71. The number of hydrogen-bond acceptors (Lipinski definition) is 3. The van der Waals surface area contributed by atoms with Gasteiger partial charge in [-0.2, -0.15) is 0 Å². The number of benzene rings is 1. The summed E-state index contributed by atoms with van der Waals surface area (Å²) in [7, 11) is 1.89. The highest BCUT2D eigenvalue weighted by Gasteiger charge is 2.28. The van der Waals surface area contributed by atoms with E-state index in [1.165, 1.54) is 11.1 Å². The molecule has 5 heteroatoms. The van der Waals surface area contributed by atoms with Crippen LogP contribution in [0.2, 0.25) is 5.02 Å². The molecule has 0 radical (unpaired) electrons. The lowest BCUT2D eigenvalue weighted by Gasteiger charge is -2.34. The number of aromatic nitrogens is 1. The Morgan fingerprint density at radius 1 is 1.20 bits per heavy atom. The molecule has 0 aliphatic carbocycles. The number of aryl methyl sites for hydroxylation is 1. The molecular weight excluding hydrogens is 334 g/mol. The third-order valence-corrected chi connectivity index (χ3v) is 5.37. The highest BCUT2D eigenvalue weighted by molar-refractivity contribution is 6.30. The van der Waals surface area contributed by atoms with Crippen LogP contribution < -0.4 is 9.80 Å². The normalized spacial score (nSPS) is 15.3. The van der Waals surface area contributed by atoms with E-state index in [9.17, 15) is 4.79 Å². The van der Waals surface area contributed by atoms with Crippen LogP contribution in [-0.4, -0.2) is 31.0 Å². The predicted molar refractivity (Wildman–Crippen MR) is 104 cm³/mol. The lowest BCUT2D eigenvalue weighted by molar-refractivity contribution is -0.122. The Morgan fingerprint density at radius 2 is 1.92 bits per heavy atom. The van der Waals surface area contributed by atoms with Crippen molar-refractivity contribution in [2.75, 3.05) is 29.9 Å². The summed E-state index contributed by atoms with van der Waals surface area (Å²) in [5.74, 6) is 1.20. The minimum atomic E-state index is 0.0634. The Morgan fingerprint density at radius 3 is 2.56 bits per heavy atom. The summed E-state index contributed by atoms with van der Waals surface area (Å²) in [5, 5.41) is 0.643. The number of rotatable bonds is 3. The van der Waals surface area contributed by atoms with Gasteiger partial charge in [0.1, 0.15) is 5.82 Å². The van der Waals surface area contributed by atoms with Gasteiger partial charge in [-0.05, 0) is 56.0 Å². The molecule has 25 heavy (non-hydrogen) atoms. The summed E-state index contributed by atoms with van der Waals surface area (Å²) in [6.45, 7) is 5.83. The Hall–Kier alpha value is -2.07. The van der Waals surface area contributed by atoms with Gasteiger partial charge >= 0.3 is 0 Å². The first-order chi connectivity index (χ1) is 12.0. The van der Waals surface area contributed by atoms with Gasteiger partial charge in [0.15, 0.2) is 0 Å². The summed E-state index contributed by atoms with van der Waals surface area (Å²) >= 11 is 5.90. The van der Waals surface area contributed by atoms with E-state index in [1.54, 1.807) is 6.20 Å². The Labute approximate surface area is 154 Å². The van der Waals surface area contributed by atoms with Crippen LogP contribution in [0.1, 0.15) is 24.0 Å². The average Bonchev–Trinajstić information content (AvgIpc) is 2.64. The molecule has 3 rings (SSSR count). The molecule has 1 aliphatic rings. The maximum absolute atomic E-state index is 12.9. The number of halogens is 1. The average molecular weight is 358 g/mol. The highest BCUT2D eigenvalue weighted by Crippen LogP contribution is 2.27. The fourth-order valence-corrected chi connectivity index (χ4v) is 3.51. The zero-order valence-corrected chi connectivity index (χ0v) is 15.8. The van der Waals surface area contributed by atoms with Crippen molar-refractivity contribution in [1.29, 1.82) is 0 Å². The number of carbonyl (C=O) groups is 1. The second-order valence-corrected chi connectivity index (χ2v) is 7.15. The molecule has 1 aromatic carbocycles.